The van der Waals surface area contributed by atoms with Crippen LogP contribution in [0.4, 0.5) is 11.4 Å². The maximum atomic E-state index is 13.3. The highest BCUT2D eigenvalue weighted by molar-refractivity contribution is 8.19. The molecule has 0 bridgehead atoms. The van der Waals surface area contributed by atoms with Crippen molar-refractivity contribution in [2.45, 2.75) is 0 Å². The van der Waals surface area contributed by atoms with Gasteiger partial charge in [-0.05, 0) is 76.6 Å². The molecule has 140 valence electrons. The quantitative estimate of drug-likeness (QED) is 0.350. The molecule has 0 N–H and O–H groups in total. The molecule has 1 aliphatic heterocycles. The fourth-order valence-corrected chi connectivity index (χ4v) is 4.96. The molecule has 5 rings (SSSR count). The molecule has 0 radical (unpaired) electrons. The number of nitrogens with zero attached hydrogens (tertiary/aromatic N) is 2. The van der Waals surface area contributed by atoms with Crippen LogP contribution in [0.1, 0.15) is 5.56 Å². The maximum absolute atomic E-state index is 13.3. The average molecular weight is 413 g/mol. The van der Waals surface area contributed by atoms with Gasteiger partial charge in [0, 0.05) is 4.70 Å². The van der Waals surface area contributed by atoms with Crippen LogP contribution in [0.2, 0.25) is 0 Å². The Morgan fingerprint density at radius 2 is 1.62 bits per heavy atom. The maximum Gasteiger partial charge on any atom is 0.271 e. The lowest BCUT2D eigenvalue weighted by molar-refractivity contribution is -0.113. The molecule has 0 aliphatic carbocycles. The van der Waals surface area contributed by atoms with Gasteiger partial charge < -0.3 is 0 Å². The highest BCUT2D eigenvalue weighted by atomic mass is 32.2. The van der Waals surface area contributed by atoms with Crippen molar-refractivity contribution in [2.75, 3.05) is 4.90 Å². The van der Waals surface area contributed by atoms with E-state index in [1.54, 1.807) is 16.2 Å². The number of carbonyl (C=O) groups is 1. The van der Waals surface area contributed by atoms with E-state index in [-0.39, 0.29) is 5.91 Å². The first-order valence-corrected chi connectivity index (χ1v) is 10.9. The standard InChI is InChI=1S/C24H16N2OS2/c27-23-22(16-17-11-12-21-18(15-17)13-14-28-21)29-24(25-19-7-3-1-4-8-19)26(23)20-9-5-2-6-10-20/h1-16H/b22-16-,25-24?. The van der Waals surface area contributed by atoms with Gasteiger partial charge >= 0.3 is 0 Å². The number of carbonyl (C=O) groups excluding carboxylic acids is 1. The lowest BCUT2D eigenvalue weighted by atomic mass is 10.1. The van der Waals surface area contributed by atoms with E-state index in [1.165, 1.54) is 21.8 Å². The SMILES string of the molecule is O=C1/C(=C/c2ccc3sccc3c2)SC(=Nc2ccccc2)N1c1ccccc1. The van der Waals surface area contributed by atoms with Crippen LogP contribution in [0.5, 0.6) is 0 Å². The summed E-state index contributed by atoms with van der Waals surface area (Å²) in [4.78, 5) is 20.4. The minimum atomic E-state index is -0.0544. The number of anilines is 1. The molecule has 5 heteroatoms. The molecule has 2 heterocycles. The first-order valence-electron chi connectivity index (χ1n) is 9.18. The first-order chi connectivity index (χ1) is 14.3. The zero-order valence-corrected chi connectivity index (χ0v) is 17.0. The molecule has 0 saturated carbocycles. The normalized spacial score (nSPS) is 17.0. The van der Waals surface area contributed by atoms with Crippen molar-refractivity contribution < 1.29 is 4.79 Å². The number of amides is 1. The van der Waals surface area contributed by atoms with Gasteiger partial charge in [-0.3, -0.25) is 9.69 Å². The molecule has 4 aromatic rings. The lowest BCUT2D eigenvalue weighted by Crippen LogP contribution is -2.28. The van der Waals surface area contributed by atoms with Crippen LogP contribution in [-0.2, 0) is 4.79 Å². The van der Waals surface area contributed by atoms with Crippen LogP contribution in [0, 0.1) is 0 Å². The van der Waals surface area contributed by atoms with E-state index in [2.05, 4.69) is 29.6 Å². The zero-order chi connectivity index (χ0) is 19.6. The van der Waals surface area contributed by atoms with Crippen molar-refractivity contribution >= 4 is 61.7 Å². The number of fused-ring (bicyclic) bond motifs is 1. The summed E-state index contributed by atoms with van der Waals surface area (Å²) in [6.45, 7) is 0. The number of hydrogen-bond acceptors (Lipinski definition) is 4. The number of thioether (sulfide) groups is 1. The summed E-state index contributed by atoms with van der Waals surface area (Å²) in [5.41, 5.74) is 2.65. The summed E-state index contributed by atoms with van der Waals surface area (Å²) in [5.74, 6) is -0.0544. The number of benzene rings is 3. The molecule has 29 heavy (non-hydrogen) atoms. The van der Waals surface area contributed by atoms with E-state index < -0.39 is 0 Å². The summed E-state index contributed by atoms with van der Waals surface area (Å²) >= 11 is 3.13. The smallest absolute Gasteiger partial charge is 0.268 e. The molecule has 1 fully saturated rings. The van der Waals surface area contributed by atoms with E-state index in [4.69, 9.17) is 4.99 Å². The Morgan fingerprint density at radius 1 is 0.862 bits per heavy atom. The number of para-hydroxylation sites is 2. The summed E-state index contributed by atoms with van der Waals surface area (Å²) < 4.78 is 1.25. The monoisotopic (exact) mass is 412 g/mol. The van der Waals surface area contributed by atoms with Crippen molar-refractivity contribution in [2.24, 2.45) is 4.99 Å². The van der Waals surface area contributed by atoms with Crippen molar-refractivity contribution in [3.63, 3.8) is 0 Å². The fraction of sp³-hybridized carbons (Fsp3) is 0. The van der Waals surface area contributed by atoms with Gasteiger partial charge in [0.05, 0.1) is 16.3 Å². The van der Waals surface area contributed by atoms with E-state index >= 15 is 0 Å². The number of thiophene rings is 1. The molecular formula is C24H16N2OS2. The summed E-state index contributed by atoms with van der Waals surface area (Å²) in [5, 5.41) is 3.94. The Hall–Kier alpha value is -3.15. The molecule has 1 saturated heterocycles. The summed E-state index contributed by atoms with van der Waals surface area (Å²) in [6.07, 6.45) is 1.95. The van der Waals surface area contributed by atoms with Crippen molar-refractivity contribution in [3.8, 4) is 0 Å². The Bertz CT molecular complexity index is 1240. The van der Waals surface area contributed by atoms with Gasteiger partial charge in [0.2, 0.25) is 0 Å². The van der Waals surface area contributed by atoms with E-state index in [9.17, 15) is 4.79 Å². The number of hydrogen-bond donors (Lipinski definition) is 0. The summed E-state index contributed by atoms with van der Waals surface area (Å²) in [7, 11) is 0. The minimum absolute atomic E-state index is 0.0544. The van der Waals surface area contributed by atoms with Crippen molar-refractivity contribution in [1.29, 1.82) is 0 Å². The van der Waals surface area contributed by atoms with Gasteiger partial charge in [0.15, 0.2) is 5.17 Å². The predicted octanol–water partition coefficient (Wildman–Crippen LogP) is 6.71. The Balaban J connectivity index is 1.57. The van der Waals surface area contributed by atoms with Gasteiger partial charge in [-0.15, -0.1) is 11.3 Å². The largest absolute Gasteiger partial charge is 0.271 e. The molecule has 1 aromatic heterocycles. The minimum Gasteiger partial charge on any atom is -0.268 e. The average Bonchev–Trinajstić information content (AvgIpc) is 3.34. The van der Waals surface area contributed by atoms with Crippen LogP contribution < -0.4 is 4.90 Å². The second-order valence-corrected chi connectivity index (χ2v) is 8.49. The van der Waals surface area contributed by atoms with Crippen molar-refractivity contribution in [1.82, 2.24) is 0 Å². The molecule has 3 nitrogen and oxygen atoms in total. The zero-order valence-electron chi connectivity index (χ0n) is 15.4. The lowest BCUT2D eigenvalue weighted by Gasteiger charge is -2.15. The van der Waals surface area contributed by atoms with Gasteiger partial charge in [-0.1, -0.05) is 42.5 Å². The molecule has 0 atom stereocenters. The topological polar surface area (TPSA) is 32.7 Å². The molecule has 1 amide bonds. The molecule has 3 aromatic carbocycles. The third-order valence-corrected chi connectivity index (χ3v) is 6.44. The van der Waals surface area contributed by atoms with Crippen LogP contribution in [-0.4, -0.2) is 11.1 Å². The second kappa shape index (κ2) is 7.70. The van der Waals surface area contributed by atoms with Crippen LogP contribution in [0.25, 0.3) is 16.2 Å². The summed E-state index contributed by atoms with van der Waals surface area (Å²) in [6, 6.07) is 27.8. The third-order valence-electron chi connectivity index (χ3n) is 4.58. The Kier molecular flexibility index (Phi) is 4.76. The van der Waals surface area contributed by atoms with Gasteiger partial charge in [-0.2, -0.15) is 0 Å². The predicted molar refractivity (Wildman–Crippen MR) is 125 cm³/mol. The van der Waals surface area contributed by atoms with E-state index in [0.29, 0.717) is 10.1 Å². The highest BCUT2D eigenvalue weighted by Crippen LogP contribution is 2.37. The molecular weight excluding hydrogens is 396 g/mol. The van der Waals surface area contributed by atoms with E-state index in [0.717, 1.165) is 16.9 Å². The first kappa shape index (κ1) is 17.9. The van der Waals surface area contributed by atoms with Crippen LogP contribution in [0.3, 0.4) is 0 Å². The Morgan fingerprint density at radius 3 is 2.41 bits per heavy atom. The third kappa shape index (κ3) is 3.62. The van der Waals surface area contributed by atoms with Gasteiger partial charge in [-0.25, -0.2) is 4.99 Å². The molecule has 0 unspecified atom stereocenters. The van der Waals surface area contributed by atoms with Crippen LogP contribution in [0.15, 0.2) is 100 Å². The fourth-order valence-electron chi connectivity index (χ4n) is 3.19. The van der Waals surface area contributed by atoms with Gasteiger partial charge in [0.25, 0.3) is 5.91 Å². The van der Waals surface area contributed by atoms with Crippen molar-refractivity contribution in [3.05, 3.63) is 101 Å². The van der Waals surface area contributed by atoms with Gasteiger partial charge in [0.1, 0.15) is 0 Å². The Labute approximate surface area is 177 Å². The molecule has 1 aliphatic rings. The van der Waals surface area contributed by atoms with Crippen LogP contribution >= 0.6 is 23.1 Å². The molecule has 0 spiro atoms. The number of amidine groups is 1. The highest BCUT2D eigenvalue weighted by Gasteiger charge is 2.34. The number of aliphatic imine (C=N–C) groups is 1. The number of rotatable bonds is 3. The second-order valence-electron chi connectivity index (χ2n) is 6.53. The van der Waals surface area contributed by atoms with E-state index in [1.807, 2.05) is 66.7 Å².